The normalized spacial score (nSPS) is 10.5. The summed E-state index contributed by atoms with van der Waals surface area (Å²) in [6.07, 6.45) is 1.56. The molecule has 0 amide bonds. The van der Waals surface area contributed by atoms with Gasteiger partial charge in [0.05, 0.1) is 6.61 Å². The molecule has 0 aliphatic heterocycles. The van der Waals surface area contributed by atoms with Crippen LogP contribution in [0, 0.1) is 6.92 Å². The fourth-order valence-electron chi connectivity index (χ4n) is 2.72. The van der Waals surface area contributed by atoms with E-state index in [1.165, 1.54) is 5.56 Å². The molecule has 2 aromatic rings. The number of hydrogen-bond donors (Lipinski definition) is 1. The predicted molar refractivity (Wildman–Crippen MR) is 110 cm³/mol. The first kappa shape index (κ1) is 20.2. The minimum Gasteiger partial charge on any atom is -0.492 e. The van der Waals surface area contributed by atoms with E-state index in [1.807, 2.05) is 45.0 Å². The zero-order valence-corrected chi connectivity index (χ0v) is 16.7. The van der Waals surface area contributed by atoms with E-state index in [0.717, 1.165) is 28.4 Å². The van der Waals surface area contributed by atoms with Crippen LogP contribution >= 0.6 is 12.2 Å². The summed E-state index contributed by atoms with van der Waals surface area (Å²) in [7, 11) is 0. The minimum absolute atomic E-state index is 0.311. The summed E-state index contributed by atoms with van der Waals surface area (Å²) in [5.41, 5.74) is 3.73. The highest BCUT2D eigenvalue weighted by atomic mass is 32.1. The molecule has 0 spiro atoms. The Labute approximate surface area is 161 Å². The third-order valence-corrected chi connectivity index (χ3v) is 4.63. The lowest BCUT2D eigenvalue weighted by molar-refractivity contribution is 0.282. The molecule has 0 heterocycles. The average molecular weight is 374 g/mol. The molecule has 0 aliphatic carbocycles. The molecule has 2 rings (SSSR count). The van der Waals surface area contributed by atoms with Crippen LogP contribution in [0.5, 0.6) is 11.5 Å². The van der Waals surface area contributed by atoms with Crippen molar-refractivity contribution in [2.45, 2.75) is 47.1 Å². The number of thiocarbonyl (C=S) groups is 1. The second-order valence-corrected chi connectivity index (χ2v) is 6.47. The summed E-state index contributed by atoms with van der Waals surface area (Å²) >= 11 is 5.27. The molecule has 0 radical (unpaired) electrons. The Bertz CT molecular complexity index is 761. The Kier molecular flexibility index (Phi) is 7.42. The predicted octanol–water partition coefficient (Wildman–Crippen LogP) is 5.47. The van der Waals surface area contributed by atoms with Crippen LogP contribution in [0.3, 0.4) is 0 Å². The van der Waals surface area contributed by atoms with E-state index < -0.39 is 0 Å². The number of nitrogens with zero attached hydrogens (tertiary/aromatic N) is 1. The van der Waals surface area contributed by atoms with Crippen molar-refractivity contribution in [1.82, 2.24) is 0 Å². The van der Waals surface area contributed by atoms with E-state index in [9.17, 15) is 5.21 Å². The maximum atomic E-state index is 10.6. The molecule has 4 nitrogen and oxygen atoms in total. The van der Waals surface area contributed by atoms with Gasteiger partial charge in [0, 0.05) is 5.56 Å². The second kappa shape index (κ2) is 9.55. The van der Waals surface area contributed by atoms with Gasteiger partial charge < -0.3 is 9.47 Å². The number of anilines is 1. The number of ether oxygens (including phenoxy) is 2. The van der Waals surface area contributed by atoms with Gasteiger partial charge in [0.15, 0.2) is 0 Å². The van der Waals surface area contributed by atoms with Gasteiger partial charge >= 0.3 is 0 Å². The number of para-hydroxylation sites is 1. The molecule has 0 bridgehead atoms. The zero-order valence-electron chi connectivity index (χ0n) is 15.9. The molecule has 0 atom stereocenters. The number of hydroxylamine groups is 1. The van der Waals surface area contributed by atoms with Crippen LogP contribution in [0.25, 0.3) is 0 Å². The van der Waals surface area contributed by atoms with Crippen molar-refractivity contribution < 1.29 is 14.7 Å². The average Bonchev–Trinajstić information content (AvgIpc) is 2.66. The lowest BCUT2D eigenvalue weighted by Gasteiger charge is -2.23. The third-order valence-electron chi connectivity index (χ3n) is 4.16. The van der Waals surface area contributed by atoms with Gasteiger partial charge in [0.1, 0.15) is 28.8 Å². The van der Waals surface area contributed by atoms with Gasteiger partial charge in [-0.1, -0.05) is 50.3 Å². The summed E-state index contributed by atoms with van der Waals surface area (Å²) < 4.78 is 11.7. The number of aryl methyl sites for hydroxylation is 2. The van der Waals surface area contributed by atoms with E-state index in [1.54, 1.807) is 0 Å². The fraction of sp³-hybridized carbons (Fsp3) is 0.381. The lowest BCUT2D eigenvalue weighted by atomic mass is 10.1. The molecule has 140 valence electrons. The molecule has 0 aromatic heterocycles. The quantitative estimate of drug-likeness (QED) is 0.491. The van der Waals surface area contributed by atoms with Crippen molar-refractivity contribution in [1.29, 1.82) is 0 Å². The van der Waals surface area contributed by atoms with Gasteiger partial charge in [0.25, 0.3) is 0 Å². The van der Waals surface area contributed by atoms with Crippen molar-refractivity contribution in [2.75, 3.05) is 11.7 Å². The van der Waals surface area contributed by atoms with Gasteiger partial charge in [-0.05, 0) is 49.9 Å². The topological polar surface area (TPSA) is 41.9 Å². The highest BCUT2D eigenvalue weighted by Gasteiger charge is 2.19. The SMILES string of the molecule is CCOc1cccc(COc2ccc(CC)cc2C)c1N(O)C(=S)CC. The first-order valence-electron chi connectivity index (χ1n) is 9.00. The molecule has 0 saturated carbocycles. The fourth-order valence-corrected chi connectivity index (χ4v) is 2.81. The monoisotopic (exact) mass is 373 g/mol. The van der Waals surface area contributed by atoms with Crippen LogP contribution in [0.4, 0.5) is 5.69 Å². The van der Waals surface area contributed by atoms with E-state index >= 15 is 0 Å². The summed E-state index contributed by atoms with van der Waals surface area (Å²) in [6.45, 7) is 8.80. The van der Waals surface area contributed by atoms with Crippen molar-refractivity contribution in [3.63, 3.8) is 0 Å². The molecule has 26 heavy (non-hydrogen) atoms. The van der Waals surface area contributed by atoms with Crippen LogP contribution in [-0.4, -0.2) is 16.8 Å². The van der Waals surface area contributed by atoms with Crippen LogP contribution in [-0.2, 0) is 13.0 Å². The molecule has 0 aliphatic rings. The Morgan fingerprint density at radius 1 is 1.08 bits per heavy atom. The summed E-state index contributed by atoms with van der Waals surface area (Å²) in [5.74, 6) is 1.42. The standard InChI is InChI=1S/C21H27NO3S/c1-5-16-11-12-18(15(4)13-16)25-14-17-9-8-10-19(24-7-3)21(17)22(23)20(26)6-2/h8-13,23H,5-7,14H2,1-4H3. The van der Waals surface area contributed by atoms with Crippen LogP contribution in [0.2, 0.25) is 0 Å². The van der Waals surface area contributed by atoms with Crippen LogP contribution in [0.1, 0.15) is 43.9 Å². The van der Waals surface area contributed by atoms with Gasteiger partial charge in [0.2, 0.25) is 0 Å². The molecule has 5 heteroatoms. The largest absolute Gasteiger partial charge is 0.492 e. The van der Waals surface area contributed by atoms with Crippen molar-refractivity contribution >= 4 is 22.9 Å². The Balaban J connectivity index is 2.30. The van der Waals surface area contributed by atoms with E-state index in [4.69, 9.17) is 21.7 Å². The smallest absolute Gasteiger partial charge is 0.145 e. The first-order chi connectivity index (χ1) is 12.5. The molecular formula is C21H27NO3S. The van der Waals surface area contributed by atoms with Gasteiger partial charge in [-0.3, -0.25) is 5.21 Å². The Morgan fingerprint density at radius 3 is 2.46 bits per heavy atom. The van der Waals surface area contributed by atoms with Gasteiger partial charge in [-0.15, -0.1) is 0 Å². The molecular weight excluding hydrogens is 346 g/mol. The highest BCUT2D eigenvalue weighted by molar-refractivity contribution is 7.80. The molecule has 1 N–H and O–H groups in total. The van der Waals surface area contributed by atoms with Crippen molar-refractivity contribution in [2.24, 2.45) is 0 Å². The molecule has 0 fully saturated rings. The van der Waals surface area contributed by atoms with E-state index in [2.05, 4.69) is 19.1 Å². The highest BCUT2D eigenvalue weighted by Crippen LogP contribution is 2.33. The van der Waals surface area contributed by atoms with Crippen molar-refractivity contribution in [3.8, 4) is 11.5 Å². The molecule has 0 unspecified atom stereocenters. The van der Waals surface area contributed by atoms with E-state index in [0.29, 0.717) is 36.1 Å². The first-order valence-corrected chi connectivity index (χ1v) is 9.41. The van der Waals surface area contributed by atoms with Crippen LogP contribution in [0.15, 0.2) is 36.4 Å². The summed E-state index contributed by atoms with van der Waals surface area (Å²) in [6, 6.07) is 11.8. The lowest BCUT2D eigenvalue weighted by Crippen LogP contribution is -2.26. The molecule has 0 saturated heterocycles. The van der Waals surface area contributed by atoms with Gasteiger partial charge in [-0.25, -0.2) is 5.06 Å². The minimum atomic E-state index is 0.311. The number of benzene rings is 2. The Morgan fingerprint density at radius 2 is 1.85 bits per heavy atom. The summed E-state index contributed by atoms with van der Waals surface area (Å²) in [5, 5.41) is 11.6. The molecule has 2 aromatic carbocycles. The number of hydrogen-bond acceptors (Lipinski definition) is 4. The number of rotatable bonds is 8. The Hall–Kier alpha value is -2.11. The van der Waals surface area contributed by atoms with E-state index in [-0.39, 0.29) is 0 Å². The van der Waals surface area contributed by atoms with Crippen LogP contribution < -0.4 is 14.5 Å². The third kappa shape index (κ3) is 4.74. The maximum Gasteiger partial charge on any atom is 0.145 e. The van der Waals surface area contributed by atoms with Crippen molar-refractivity contribution in [3.05, 3.63) is 53.1 Å². The second-order valence-electron chi connectivity index (χ2n) is 6.00. The summed E-state index contributed by atoms with van der Waals surface area (Å²) in [4.78, 5) is 0.432. The van der Waals surface area contributed by atoms with Gasteiger partial charge in [-0.2, -0.15) is 0 Å². The maximum absolute atomic E-state index is 10.6. The zero-order chi connectivity index (χ0) is 19.1.